The van der Waals surface area contributed by atoms with Crippen LogP contribution in [-0.4, -0.2) is 22.7 Å². The van der Waals surface area contributed by atoms with Crippen LogP contribution in [0.15, 0.2) is 76.1 Å². The van der Waals surface area contributed by atoms with Crippen molar-refractivity contribution >= 4 is 85.1 Å². The first kappa shape index (κ1) is 24.5. The number of rotatable bonds is 6. The fraction of sp³-hybridized carbons (Fsp3) is 0.0800. The van der Waals surface area contributed by atoms with Crippen LogP contribution in [0.1, 0.15) is 11.1 Å². The highest BCUT2D eigenvalue weighted by Crippen LogP contribution is 2.36. The van der Waals surface area contributed by atoms with Crippen LogP contribution in [0.25, 0.3) is 6.08 Å². The van der Waals surface area contributed by atoms with Gasteiger partial charge < -0.3 is 10.1 Å². The maximum Gasteiger partial charge on any atom is 0.270 e. The van der Waals surface area contributed by atoms with E-state index in [-0.39, 0.29) is 18.4 Å². The Bertz CT molecular complexity index is 1310. The van der Waals surface area contributed by atoms with Crippen molar-refractivity contribution in [1.29, 1.82) is 0 Å². The molecule has 0 bridgehead atoms. The molecule has 0 radical (unpaired) electrons. The number of anilines is 2. The minimum atomic E-state index is -0.264. The molecule has 9 heteroatoms. The highest BCUT2D eigenvalue weighted by Gasteiger charge is 2.33. The lowest BCUT2D eigenvalue weighted by Crippen LogP contribution is -2.27. The Kier molecular flexibility index (Phi) is 7.73. The summed E-state index contributed by atoms with van der Waals surface area (Å²) >= 11 is 16.0. The number of hydrogen-bond acceptors (Lipinski definition) is 5. The van der Waals surface area contributed by atoms with E-state index in [9.17, 15) is 9.59 Å². The van der Waals surface area contributed by atoms with Crippen LogP contribution < -0.4 is 15.0 Å². The summed E-state index contributed by atoms with van der Waals surface area (Å²) in [5, 5.41) is 3.43. The number of thiocarbonyl (C=S) groups is 1. The van der Waals surface area contributed by atoms with Crippen LogP contribution in [0.4, 0.5) is 11.4 Å². The Labute approximate surface area is 220 Å². The van der Waals surface area contributed by atoms with E-state index in [4.69, 9.17) is 28.6 Å². The molecular formula is C25H18BrClN2O3S2. The van der Waals surface area contributed by atoms with Gasteiger partial charge in [0.25, 0.3) is 11.8 Å². The highest BCUT2D eigenvalue weighted by atomic mass is 79.9. The second-order valence-corrected chi connectivity index (χ2v) is 10.4. The number of amides is 2. The van der Waals surface area contributed by atoms with Crippen molar-refractivity contribution in [3.63, 3.8) is 0 Å². The van der Waals surface area contributed by atoms with Crippen molar-refractivity contribution in [1.82, 2.24) is 0 Å². The fourth-order valence-electron chi connectivity index (χ4n) is 3.23. The van der Waals surface area contributed by atoms with Gasteiger partial charge in [0.1, 0.15) is 5.75 Å². The lowest BCUT2D eigenvalue weighted by Gasteiger charge is -2.14. The number of nitrogens with one attached hydrogen (secondary N) is 1. The summed E-state index contributed by atoms with van der Waals surface area (Å²) in [6, 6.07) is 19.8. The van der Waals surface area contributed by atoms with Gasteiger partial charge in [-0.2, -0.15) is 0 Å². The quantitative estimate of drug-likeness (QED) is 0.259. The number of carbonyl (C=O) groups excluding carboxylic acids is 2. The van der Waals surface area contributed by atoms with Crippen molar-refractivity contribution in [2.45, 2.75) is 6.92 Å². The number of carbonyl (C=O) groups is 2. The van der Waals surface area contributed by atoms with E-state index in [1.54, 1.807) is 48.5 Å². The average molecular weight is 574 g/mol. The van der Waals surface area contributed by atoms with Gasteiger partial charge in [0, 0.05) is 15.2 Å². The summed E-state index contributed by atoms with van der Waals surface area (Å²) in [7, 11) is 0. The third-order valence-electron chi connectivity index (χ3n) is 4.87. The predicted molar refractivity (Wildman–Crippen MR) is 147 cm³/mol. The lowest BCUT2D eigenvalue weighted by atomic mass is 10.2. The first-order valence-electron chi connectivity index (χ1n) is 10.1. The number of halogens is 2. The highest BCUT2D eigenvalue weighted by molar-refractivity contribution is 9.10. The Balaban J connectivity index is 1.42. The predicted octanol–water partition coefficient (Wildman–Crippen LogP) is 6.83. The monoisotopic (exact) mass is 572 g/mol. The minimum absolute atomic E-state index is 0.141. The van der Waals surface area contributed by atoms with E-state index in [1.165, 1.54) is 16.7 Å². The number of nitrogens with zero attached hydrogens (tertiary/aromatic N) is 1. The molecule has 1 N–H and O–H groups in total. The van der Waals surface area contributed by atoms with E-state index in [1.807, 2.05) is 31.2 Å². The molecule has 0 atom stereocenters. The fourth-order valence-corrected chi connectivity index (χ4v) is 5.13. The normalized spacial score (nSPS) is 14.6. The maximum absolute atomic E-state index is 13.0. The van der Waals surface area contributed by atoms with E-state index in [0.717, 1.165) is 21.3 Å². The molecule has 0 unspecified atom stereocenters. The molecule has 0 saturated carbocycles. The molecule has 172 valence electrons. The van der Waals surface area contributed by atoms with Gasteiger partial charge in [-0.15, -0.1) is 0 Å². The first-order chi connectivity index (χ1) is 16.3. The molecule has 0 aliphatic carbocycles. The van der Waals surface area contributed by atoms with Crippen molar-refractivity contribution < 1.29 is 14.3 Å². The Morgan fingerprint density at radius 3 is 2.68 bits per heavy atom. The molecule has 0 spiro atoms. The van der Waals surface area contributed by atoms with Crippen LogP contribution in [0.2, 0.25) is 5.02 Å². The van der Waals surface area contributed by atoms with E-state index in [2.05, 4.69) is 21.2 Å². The van der Waals surface area contributed by atoms with E-state index >= 15 is 0 Å². The van der Waals surface area contributed by atoms with E-state index in [0.29, 0.717) is 25.7 Å². The number of aryl methyl sites for hydroxylation is 1. The molecule has 1 heterocycles. The van der Waals surface area contributed by atoms with Gasteiger partial charge in [0.15, 0.2) is 10.9 Å². The smallest absolute Gasteiger partial charge is 0.270 e. The summed E-state index contributed by atoms with van der Waals surface area (Å²) in [5.41, 5.74) is 3.10. The molecule has 4 rings (SSSR count). The van der Waals surface area contributed by atoms with Gasteiger partial charge in [0.2, 0.25) is 0 Å². The number of thioether (sulfide) groups is 1. The van der Waals surface area contributed by atoms with Crippen molar-refractivity contribution in [3.8, 4) is 5.75 Å². The molecule has 0 aromatic heterocycles. The Hall–Kier alpha value is -2.65. The zero-order valence-corrected chi connectivity index (χ0v) is 21.9. The van der Waals surface area contributed by atoms with Crippen molar-refractivity contribution in [2.24, 2.45) is 0 Å². The molecular weight excluding hydrogens is 556 g/mol. The zero-order valence-electron chi connectivity index (χ0n) is 17.9. The van der Waals surface area contributed by atoms with Crippen LogP contribution in [0.3, 0.4) is 0 Å². The van der Waals surface area contributed by atoms with Gasteiger partial charge in [0.05, 0.1) is 10.6 Å². The molecule has 1 saturated heterocycles. The van der Waals surface area contributed by atoms with Crippen molar-refractivity contribution in [3.05, 3.63) is 92.3 Å². The molecule has 5 nitrogen and oxygen atoms in total. The Morgan fingerprint density at radius 2 is 1.94 bits per heavy atom. The topological polar surface area (TPSA) is 58.6 Å². The van der Waals surface area contributed by atoms with Crippen LogP contribution in [-0.2, 0) is 9.59 Å². The van der Waals surface area contributed by atoms with Gasteiger partial charge in [-0.1, -0.05) is 63.6 Å². The lowest BCUT2D eigenvalue weighted by molar-refractivity contribution is -0.118. The SMILES string of the molecule is Cc1cc(Br)ccc1NC(=O)COc1cccc(/C=C2\SC(=S)N(c3ccc(Cl)cc3)C2=O)c1. The van der Waals surface area contributed by atoms with Gasteiger partial charge in [-0.05, 0) is 78.7 Å². The standard InChI is InChI=1S/C25H18BrClN2O3S2/c1-15-11-17(26)5-10-21(15)28-23(30)14-32-20-4-2-3-16(12-20)13-22-24(31)29(25(33)34-22)19-8-6-18(27)7-9-19/h2-13H,14H2,1H3,(H,28,30)/b22-13-. The molecule has 34 heavy (non-hydrogen) atoms. The third kappa shape index (κ3) is 5.88. The van der Waals surface area contributed by atoms with Crippen LogP contribution >= 0.6 is 51.5 Å². The Morgan fingerprint density at radius 1 is 1.18 bits per heavy atom. The summed E-state index contributed by atoms with van der Waals surface area (Å²) in [5.74, 6) is 0.0529. The summed E-state index contributed by atoms with van der Waals surface area (Å²) in [6.07, 6.45) is 1.76. The molecule has 1 aliphatic rings. The second-order valence-electron chi connectivity index (χ2n) is 7.36. The van der Waals surface area contributed by atoms with Crippen LogP contribution in [0, 0.1) is 6.92 Å². The second kappa shape index (κ2) is 10.7. The third-order valence-corrected chi connectivity index (χ3v) is 6.91. The first-order valence-corrected chi connectivity index (χ1v) is 12.5. The van der Waals surface area contributed by atoms with E-state index < -0.39 is 0 Å². The molecule has 2 amide bonds. The average Bonchev–Trinajstić information content (AvgIpc) is 3.08. The number of hydrogen-bond donors (Lipinski definition) is 1. The molecule has 1 aliphatic heterocycles. The summed E-state index contributed by atoms with van der Waals surface area (Å²) in [4.78, 5) is 27.3. The molecule has 1 fully saturated rings. The summed E-state index contributed by atoms with van der Waals surface area (Å²) in [6.45, 7) is 1.78. The molecule has 3 aromatic carbocycles. The number of ether oxygens (including phenoxy) is 1. The largest absolute Gasteiger partial charge is 0.484 e. The van der Waals surface area contributed by atoms with Crippen molar-refractivity contribution in [2.75, 3.05) is 16.8 Å². The van der Waals surface area contributed by atoms with Gasteiger partial charge in [-0.25, -0.2) is 0 Å². The summed E-state index contributed by atoms with van der Waals surface area (Å²) < 4.78 is 7.06. The zero-order chi connectivity index (χ0) is 24.2. The molecule has 3 aromatic rings. The number of benzene rings is 3. The van der Waals surface area contributed by atoms with Crippen LogP contribution in [0.5, 0.6) is 5.75 Å². The minimum Gasteiger partial charge on any atom is -0.484 e. The van der Waals surface area contributed by atoms with Gasteiger partial charge in [-0.3, -0.25) is 14.5 Å². The maximum atomic E-state index is 13.0. The van der Waals surface area contributed by atoms with Gasteiger partial charge >= 0.3 is 0 Å².